The second kappa shape index (κ2) is 6.24. The summed E-state index contributed by atoms with van der Waals surface area (Å²) in [5.74, 6) is -1.73. The molecule has 1 aliphatic carbocycles. The van der Waals surface area contributed by atoms with Gasteiger partial charge in [-0.3, -0.25) is 4.79 Å². The quantitative estimate of drug-likeness (QED) is 0.760. The Bertz CT molecular complexity index is 453. The molecular weight excluding hydrogens is 250 g/mol. The van der Waals surface area contributed by atoms with E-state index in [-0.39, 0.29) is 11.3 Å². The number of rotatable bonds is 5. The van der Waals surface area contributed by atoms with Crippen LogP contribution in [-0.2, 0) is 4.74 Å². The number of carbonyl (C=O) groups excluding carboxylic acids is 1. The van der Waals surface area contributed by atoms with Crippen molar-refractivity contribution in [3.8, 4) is 0 Å². The third-order valence-electron chi connectivity index (χ3n) is 3.63. The maximum atomic E-state index is 13.1. The molecule has 0 aromatic heterocycles. The Kier molecular flexibility index (Phi) is 4.64. The van der Waals surface area contributed by atoms with Gasteiger partial charge in [-0.25, -0.2) is 8.78 Å². The molecule has 1 aromatic carbocycles. The zero-order valence-electron chi connectivity index (χ0n) is 11.0. The number of hydrogen-bond donors (Lipinski definition) is 0. The van der Waals surface area contributed by atoms with Crippen molar-refractivity contribution in [1.82, 2.24) is 0 Å². The van der Waals surface area contributed by atoms with Crippen molar-refractivity contribution in [2.24, 2.45) is 5.92 Å². The standard InChI is InChI=1S/C15H18F2O2/c1-10(19-9-11-4-2-3-5-11)15(18)12-6-7-13(16)14(17)8-12/h6-8,10-11H,2-5,9H2,1H3. The molecule has 1 unspecified atom stereocenters. The third kappa shape index (κ3) is 3.60. The summed E-state index contributed by atoms with van der Waals surface area (Å²) >= 11 is 0. The number of ketones is 1. The number of benzene rings is 1. The molecule has 0 N–H and O–H groups in total. The van der Waals surface area contributed by atoms with Crippen LogP contribution < -0.4 is 0 Å². The van der Waals surface area contributed by atoms with E-state index in [1.54, 1.807) is 6.92 Å². The molecule has 2 rings (SSSR count). The molecule has 4 heteroatoms. The average molecular weight is 268 g/mol. The Hall–Kier alpha value is -1.29. The molecule has 0 radical (unpaired) electrons. The smallest absolute Gasteiger partial charge is 0.191 e. The first-order chi connectivity index (χ1) is 9.08. The molecule has 1 aromatic rings. The van der Waals surface area contributed by atoms with Gasteiger partial charge in [0.1, 0.15) is 6.10 Å². The SMILES string of the molecule is CC(OCC1CCCC1)C(=O)c1ccc(F)c(F)c1. The molecule has 1 fully saturated rings. The largest absolute Gasteiger partial charge is 0.370 e. The van der Waals surface area contributed by atoms with Crippen LogP contribution in [0.25, 0.3) is 0 Å². The van der Waals surface area contributed by atoms with Crippen LogP contribution in [0.5, 0.6) is 0 Å². The van der Waals surface area contributed by atoms with Crippen molar-refractivity contribution < 1.29 is 18.3 Å². The number of hydrogen-bond acceptors (Lipinski definition) is 2. The Balaban J connectivity index is 1.92. The monoisotopic (exact) mass is 268 g/mol. The van der Waals surface area contributed by atoms with Crippen molar-refractivity contribution in [3.05, 3.63) is 35.4 Å². The van der Waals surface area contributed by atoms with Gasteiger partial charge in [0.05, 0.1) is 6.61 Å². The number of carbonyl (C=O) groups is 1. The highest BCUT2D eigenvalue weighted by Crippen LogP contribution is 2.25. The first-order valence-electron chi connectivity index (χ1n) is 6.69. The summed E-state index contributed by atoms with van der Waals surface area (Å²) in [5.41, 5.74) is 0.151. The minimum absolute atomic E-state index is 0.151. The third-order valence-corrected chi connectivity index (χ3v) is 3.63. The normalized spacial score (nSPS) is 17.6. The highest BCUT2D eigenvalue weighted by molar-refractivity contribution is 5.99. The molecule has 1 atom stereocenters. The van der Waals surface area contributed by atoms with Crippen molar-refractivity contribution in [3.63, 3.8) is 0 Å². The van der Waals surface area contributed by atoms with Crippen LogP contribution in [-0.4, -0.2) is 18.5 Å². The maximum absolute atomic E-state index is 13.1. The average Bonchev–Trinajstić information content (AvgIpc) is 2.91. The Morgan fingerprint density at radius 1 is 1.32 bits per heavy atom. The zero-order chi connectivity index (χ0) is 13.8. The maximum Gasteiger partial charge on any atom is 0.191 e. The first kappa shape index (κ1) is 14.1. The van der Waals surface area contributed by atoms with Gasteiger partial charge in [-0.15, -0.1) is 0 Å². The molecule has 0 spiro atoms. The fourth-order valence-corrected chi connectivity index (χ4v) is 2.42. The molecule has 104 valence electrons. The van der Waals surface area contributed by atoms with Crippen LogP contribution in [0.2, 0.25) is 0 Å². The lowest BCUT2D eigenvalue weighted by molar-refractivity contribution is 0.0350. The van der Waals surface area contributed by atoms with Crippen molar-refractivity contribution in [2.75, 3.05) is 6.61 Å². The summed E-state index contributed by atoms with van der Waals surface area (Å²) in [7, 11) is 0. The van der Waals surface area contributed by atoms with Gasteiger partial charge in [-0.1, -0.05) is 12.8 Å². The molecule has 1 saturated carbocycles. The van der Waals surface area contributed by atoms with Gasteiger partial charge >= 0.3 is 0 Å². The predicted molar refractivity (Wildman–Crippen MR) is 68.1 cm³/mol. The molecule has 0 heterocycles. The van der Waals surface area contributed by atoms with E-state index in [2.05, 4.69) is 0 Å². The topological polar surface area (TPSA) is 26.3 Å². The van der Waals surface area contributed by atoms with Crippen molar-refractivity contribution in [2.45, 2.75) is 38.7 Å². The van der Waals surface area contributed by atoms with Crippen LogP contribution in [0.3, 0.4) is 0 Å². The van der Waals surface area contributed by atoms with E-state index < -0.39 is 17.7 Å². The lowest BCUT2D eigenvalue weighted by Gasteiger charge is -2.15. The summed E-state index contributed by atoms with van der Waals surface area (Å²) in [6, 6.07) is 3.18. The Morgan fingerprint density at radius 3 is 2.63 bits per heavy atom. The van der Waals surface area contributed by atoms with Crippen LogP contribution in [0.4, 0.5) is 8.78 Å². The van der Waals surface area contributed by atoms with Crippen LogP contribution >= 0.6 is 0 Å². The van der Waals surface area contributed by atoms with E-state index in [0.29, 0.717) is 12.5 Å². The second-order valence-electron chi connectivity index (χ2n) is 5.12. The number of ether oxygens (including phenoxy) is 1. The molecule has 0 amide bonds. The highest BCUT2D eigenvalue weighted by Gasteiger charge is 2.21. The molecule has 0 saturated heterocycles. The summed E-state index contributed by atoms with van der Waals surface area (Å²) in [4.78, 5) is 12.0. The summed E-state index contributed by atoms with van der Waals surface area (Å²) in [6.07, 6.45) is 4.11. The van der Waals surface area contributed by atoms with Gasteiger partial charge in [0.15, 0.2) is 17.4 Å². The van der Waals surface area contributed by atoms with Crippen LogP contribution in [0, 0.1) is 17.6 Å². The molecule has 2 nitrogen and oxygen atoms in total. The van der Waals surface area contributed by atoms with Gasteiger partial charge < -0.3 is 4.74 Å². The van der Waals surface area contributed by atoms with Crippen molar-refractivity contribution >= 4 is 5.78 Å². The lowest BCUT2D eigenvalue weighted by Crippen LogP contribution is -2.23. The second-order valence-corrected chi connectivity index (χ2v) is 5.12. The molecule has 19 heavy (non-hydrogen) atoms. The first-order valence-corrected chi connectivity index (χ1v) is 6.69. The van der Waals surface area contributed by atoms with E-state index >= 15 is 0 Å². The van der Waals surface area contributed by atoms with E-state index in [1.807, 2.05) is 0 Å². The molecular formula is C15H18F2O2. The number of Topliss-reactive ketones (excluding diaryl/α,β-unsaturated/α-hetero) is 1. The van der Waals surface area contributed by atoms with E-state index in [9.17, 15) is 13.6 Å². The van der Waals surface area contributed by atoms with Gasteiger partial charge in [-0.05, 0) is 43.9 Å². The summed E-state index contributed by atoms with van der Waals surface area (Å²) < 4.78 is 31.4. The summed E-state index contributed by atoms with van der Waals surface area (Å²) in [5, 5.41) is 0. The Labute approximate surface area is 111 Å². The minimum Gasteiger partial charge on any atom is -0.370 e. The summed E-state index contributed by atoms with van der Waals surface area (Å²) in [6.45, 7) is 2.22. The zero-order valence-corrected chi connectivity index (χ0v) is 11.0. The fourth-order valence-electron chi connectivity index (χ4n) is 2.42. The minimum atomic E-state index is -1.01. The van der Waals surface area contributed by atoms with Gasteiger partial charge in [-0.2, -0.15) is 0 Å². The van der Waals surface area contributed by atoms with Gasteiger partial charge in [0.25, 0.3) is 0 Å². The molecule has 1 aliphatic rings. The van der Waals surface area contributed by atoms with E-state index in [0.717, 1.165) is 25.0 Å². The molecule has 0 bridgehead atoms. The van der Waals surface area contributed by atoms with E-state index in [1.165, 1.54) is 18.9 Å². The van der Waals surface area contributed by atoms with Gasteiger partial charge in [0.2, 0.25) is 0 Å². The Morgan fingerprint density at radius 2 is 2.00 bits per heavy atom. The van der Waals surface area contributed by atoms with Crippen LogP contribution in [0.1, 0.15) is 43.0 Å². The lowest BCUT2D eigenvalue weighted by atomic mass is 10.1. The highest BCUT2D eigenvalue weighted by atomic mass is 19.2. The predicted octanol–water partition coefficient (Wildman–Crippen LogP) is 3.74. The van der Waals surface area contributed by atoms with Gasteiger partial charge in [0, 0.05) is 5.56 Å². The number of halogens is 2. The van der Waals surface area contributed by atoms with Crippen molar-refractivity contribution in [1.29, 1.82) is 0 Å². The fraction of sp³-hybridized carbons (Fsp3) is 0.533. The van der Waals surface area contributed by atoms with Crippen LogP contribution in [0.15, 0.2) is 18.2 Å². The molecule has 0 aliphatic heterocycles. The van der Waals surface area contributed by atoms with E-state index in [4.69, 9.17) is 4.74 Å².